The van der Waals surface area contributed by atoms with E-state index in [4.69, 9.17) is 13.9 Å². The zero-order valence-corrected chi connectivity index (χ0v) is 10.4. The number of hydrogen-bond donors (Lipinski definition) is 1. The minimum absolute atomic E-state index is 0.227. The van der Waals surface area contributed by atoms with E-state index in [-0.39, 0.29) is 6.10 Å². The zero-order valence-electron chi connectivity index (χ0n) is 10.4. The van der Waals surface area contributed by atoms with Gasteiger partial charge in [0.1, 0.15) is 5.76 Å². The average molecular weight is 239 g/mol. The second-order valence-electron chi connectivity index (χ2n) is 4.58. The zero-order chi connectivity index (χ0) is 11.9. The predicted octanol–water partition coefficient (Wildman–Crippen LogP) is 1.81. The van der Waals surface area contributed by atoms with Crippen molar-refractivity contribution in [1.82, 2.24) is 5.32 Å². The fourth-order valence-electron chi connectivity index (χ4n) is 1.89. The van der Waals surface area contributed by atoms with E-state index in [0.29, 0.717) is 5.92 Å². The van der Waals surface area contributed by atoms with Crippen molar-refractivity contribution < 1.29 is 13.9 Å². The molecule has 1 fully saturated rings. The van der Waals surface area contributed by atoms with Crippen LogP contribution in [-0.4, -0.2) is 32.5 Å². The van der Waals surface area contributed by atoms with Gasteiger partial charge in [0.05, 0.1) is 32.1 Å². The van der Waals surface area contributed by atoms with Crippen LogP contribution in [-0.2, 0) is 16.0 Å². The summed E-state index contributed by atoms with van der Waals surface area (Å²) < 4.78 is 16.3. The lowest BCUT2D eigenvalue weighted by Gasteiger charge is -2.15. The Morgan fingerprint density at radius 2 is 2.53 bits per heavy atom. The Kier molecular flexibility index (Phi) is 5.04. The average Bonchev–Trinajstić information content (AvgIpc) is 2.99. The predicted molar refractivity (Wildman–Crippen MR) is 64.8 cm³/mol. The summed E-state index contributed by atoms with van der Waals surface area (Å²) in [6.45, 7) is 6.24. The molecule has 0 radical (unpaired) electrons. The standard InChI is InChI=1S/C13H21NO3/c1-11(17-10-12-4-6-15-9-12)7-14-8-13-3-2-5-16-13/h2-3,5,11-12,14H,4,6-10H2,1H3. The molecule has 1 saturated heterocycles. The van der Waals surface area contributed by atoms with Gasteiger partial charge in [0, 0.05) is 19.1 Å². The molecular weight excluding hydrogens is 218 g/mol. The third-order valence-electron chi connectivity index (χ3n) is 2.95. The maximum Gasteiger partial charge on any atom is 0.117 e. The van der Waals surface area contributed by atoms with Crippen molar-refractivity contribution in [2.45, 2.75) is 26.0 Å². The van der Waals surface area contributed by atoms with Crippen molar-refractivity contribution in [2.24, 2.45) is 5.92 Å². The molecule has 4 nitrogen and oxygen atoms in total. The van der Waals surface area contributed by atoms with Gasteiger partial charge >= 0.3 is 0 Å². The molecule has 1 aromatic rings. The molecule has 0 spiro atoms. The third kappa shape index (κ3) is 4.50. The Labute approximate surface area is 102 Å². The molecule has 1 aliphatic heterocycles. The summed E-state index contributed by atoms with van der Waals surface area (Å²) in [5.41, 5.74) is 0. The van der Waals surface area contributed by atoms with Gasteiger partial charge in [-0.05, 0) is 25.5 Å². The summed E-state index contributed by atoms with van der Waals surface area (Å²) in [6, 6.07) is 3.87. The normalized spacial score (nSPS) is 21.8. The van der Waals surface area contributed by atoms with Crippen molar-refractivity contribution in [3.8, 4) is 0 Å². The summed E-state index contributed by atoms with van der Waals surface area (Å²) in [6.07, 6.45) is 3.05. The molecule has 1 N–H and O–H groups in total. The molecule has 1 aliphatic rings. The van der Waals surface area contributed by atoms with E-state index in [1.165, 1.54) is 0 Å². The minimum atomic E-state index is 0.227. The molecule has 17 heavy (non-hydrogen) atoms. The van der Waals surface area contributed by atoms with Crippen molar-refractivity contribution in [3.63, 3.8) is 0 Å². The van der Waals surface area contributed by atoms with Crippen LogP contribution in [0, 0.1) is 5.92 Å². The number of ether oxygens (including phenoxy) is 2. The van der Waals surface area contributed by atoms with Crippen LogP contribution in [0.5, 0.6) is 0 Å². The van der Waals surface area contributed by atoms with Gasteiger partial charge in [0.25, 0.3) is 0 Å². The highest BCUT2D eigenvalue weighted by molar-refractivity contribution is 4.97. The van der Waals surface area contributed by atoms with Crippen molar-refractivity contribution in [1.29, 1.82) is 0 Å². The fourth-order valence-corrected chi connectivity index (χ4v) is 1.89. The van der Waals surface area contributed by atoms with Crippen LogP contribution in [0.2, 0.25) is 0 Å². The first-order valence-corrected chi connectivity index (χ1v) is 6.27. The molecule has 1 aromatic heterocycles. The molecule has 2 rings (SSSR count). The highest BCUT2D eigenvalue weighted by Gasteiger charge is 2.16. The van der Waals surface area contributed by atoms with Gasteiger partial charge in [-0.25, -0.2) is 0 Å². The molecule has 0 aliphatic carbocycles. The lowest BCUT2D eigenvalue weighted by atomic mass is 10.1. The Hall–Kier alpha value is -0.840. The highest BCUT2D eigenvalue weighted by Crippen LogP contribution is 2.13. The number of rotatable bonds is 7. The molecule has 0 bridgehead atoms. The highest BCUT2D eigenvalue weighted by atomic mass is 16.5. The van der Waals surface area contributed by atoms with Gasteiger partial charge in [0.2, 0.25) is 0 Å². The molecular formula is C13H21NO3. The van der Waals surface area contributed by atoms with Gasteiger partial charge < -0.3 is 19.2 Å². The van der Waals surface area contributed by atoms with E-state index in [1.807, 2.05) is 12.1 Å². The van der Waals surface area contributed by atoms with Gasteiger partial charge in [-0.1, -0.05) is 0 Å². The fraction of sp³-hybridized carbons (Fsp3) is 0.692. The molecule has 0 amide bonds. The monoisotopic (exact) mass is 239 g/mol. The smallest absolute Gasteiger partial charge is 0.117 e. The summed E-state index contributed by atoms with van der Waals surface area (Å²) >= 11 is 0. The van der Waals surface area contributed by atoms with E-state index in [9.17, 15) is 0 Å². The third-order valence-corrected chi connectivity index (χ3v) is 2.95. The van der Waals surface area contributed by atoms with Gasteiger partial charge in [-0.2, -0.15) is 0 Å². The van der Waals surface area contributed by atoms with E-state index < -0.39 is 0 Å². The summed E-state index contributed by atoms with van der Waals surface area (Å²) in [7, 11) is 0. The van der Waals surface area contributed by atoms with Gasteiger partial charge in [0.15, 0.2) is 0 Å². The number of furan rings is 1. The molecule has 96 valence electrons. The first kappa shape index (κ1) is 12.6. The van der Waals surface area contributed by atoms with Crippen LogP contribution in [0.15, 0.2) is 22.8 Å². The van der Waals surface area contributed by atoms with Crippen LogP contribution in [0.3, 0.4) is 0 Å². The second-order valence-corrected chi connectivity index (χ2v) is 4.58. The van der Waals surface area contributed by atoms with E-state index in [0.717, 1.165) is 45.1 Å². The van der Waals surface area contributed by atoms with Crippen LogP contribution in [0.25, 0.3) is 0 Å². The Balaban J connectivity index is 1.52. The Morgan fingerprint density at radius 3 is 3.24 bits per heavy atom. The van der Waals surface area contributed by atoms with Crippen molar-refractivity contribution in [3.05, 3.63) is 24.2 Å². The summed E-state index contributed by atoms with van der Waals surface area (Å²) in [4.78, 5) is 0. The summed E-state index contributed by atoms with van der Waals surface area (Å²) in [5.74, 6) is 1.55. The molecule has 4 heteroatoms. The molecule has 2 heterocycles. The Morgan fingerprint density at radius 1 is 1.59 bits per heavy atom. The molecule has 0 saturated carbocycles. The maximum absolute atomic E-state index is 5.77. The first-order valence-electron chi connectivity index (χ1n) is 6.27. The minimum Gasteiger partial charge on any atom is -0.468 e. The van der Waals surface area contributed by atoms with Gasteiger partial charge in [-0.15, -0.1) is 0 Å². The Bertz CT molecular complexity index is 294. The van der Waals surface area contributed by atoms with E-state index in [2.05, 4.69) is 12.2 Å². The van der Waals surface area contributed by atoms with Crippen molar-refractivity contribution in [2.75, 3.05) is 26.4 Å². The number of hydrogen-bond acceptors (Lipinski definition) is 4. The van der Waals surface area contributed by atoms with Crippen LogP contribution in [0.1, 0.15) is 19.1 Å². The van der Waals surface area contributed by atoms with Crippen LogP contribution < -0.4 is 5.32 Å². The van der Waals surface area contributed by atoms with Crippen LogP contribution in [0.4, 0.5) is 0 Å². The first-order chi connectivity index (χ1) is 8.34. The summed E-state index contributed by atoms with van der Waals surface area (Å²) in [5, 5.41) is 3.31. The lowest BCUT2D eigenvalue weighted by Crippen LogP contribution is -2.28. The van der Waals surface area contributed by atoms with E-state index in [1.54, 1.807) is 6.26 Å². The molecule has 2 unspecified atom stereocenters. The lowest BCUT2D eigenvalue weighted by molar-refractivity contribution is 0.0366. The maximum atomic E-state index is 5.77. The molecule has 2 atom stereocenters. The topological polar surface area (TPSA) is 43.6 Å². The largest absolute Gasteiger partial charge is 0.468 e. The quantitative estimate of drug-likeness (QED) is 0.788. The second kappa shape index (κ2) is 6.79. The SMILES string of the molecule is CC(CNCc1ccco1)OCC1CCOC1. The van der Waals surface area contributed by atoms with E-state index >= 15 is 0 Å². The molecule has 0 aromatic carbocycles. The van der Waals surface area contributed by atoms with Crippen LogP contribution >= 0.6 is 0 Å². The van der Waals surface area contributed by atoms with Crippen molar-refractivity contribution >= 4 is 0 Å². The number of nitrogens with one attached hydrogen (secondary N) is 1. The van der Waals surface area contributed by atoms with Gasteiger partial charge in [-0.3, -0.25) is 0 Å².